The molecular formula is C13H13BrN4O2. The number of hydrogen-bond donors (Lipinski definition) is 1. The van der Waals surface area contributed by atoms with Crippen molar-refractivity contribution in [2.45, 2.75) is 6.04 Å². The molecule has 2 aliphatic rings. The van der Waals surface area contributed by atoms with E-state index in [1.807, 2.05) is 11.0 Å². The van der Waals surface area contributed by atoms with Gasteiger partial charge in [-0.25, -0.2) is 4.98 Å². The molecule has 0 saturated carbocycles. The molecule has 0 aliphatic carbocycles. The molecule has 0 bridgehead atoms. The largest absolute Gasteiger partial charge is 0.339 e. The monoisotopic (exact) mass is 336 g/mol. The molecule has 1 saturated heterocycles. The fourth-order valence-corrected chi connectivity index (χ4v) is 2.89. The van der Waals surface area contributed by atoms with Crippen molar-refractivity contribution in [2.75, 3.05) is 29.9 Å². The van der Waals surface area contributed by atoms with E-state index < -0.39 is 6.04 Å². The number of fused-ring (bicyclic) bond motifs is 3. The summed E-state index contributed by atoms with van der Waals surface area (Å²) in [5.41, 5.74) is 0.698. The predicted octanol–water partition coefficient (Wildman–Crippen LogP) is 0.999. The molecule has 1 N–H and O–H groups in total. The van der Waals surface area contributed by atoms with Crippen molar-refractivity contribution in [2.24, 2.45) is 0 Å². The van der Waals surface area contributed by atoms with Crippen LogP contribution in [0.4, 0.5) is 11.5 Å². The molecule has 0 radical (unpaired) electrons. The van der Waals surface area contributed by atoms with Gasteiger partial charge in [-0.1, -0.05) is 6.58 Å². The molecule has 1 fully saturated rings. The molecule has 0 aromatic carbocycles. The van der Waals surface area contributed by atoms with E-state index in [0.29, 0.717) is 25.3 Å². The van der Waals surface area contributed by atoms with Crippen molar-refractivity contribution < 1.29 is 9.59 Å². The van der Waals surface area contributed by atoms with Crippen molar-refractivity contribution >= 4 is 39.2 Å². The summed E-state index contributed by atoms with van der Waals surface area (Å²) in [6.07, 6.45) is 2.98. The van der Waals surface area contributed by atoms with Gasteiger partial charge in [-0.3, -0.25) is 9.59 Å². The van der Waals surface area contributed by atoms with Gasteiger partial charge in [0.15, 0.2) is 5.82 Å². The minimum Gasteiger partial charge on any atom is -0.339 e. The number of piperazine rings is 1. The van der Waals surface area contributed by atoms with Gasteiger partial charge in [-0.15, -0.1) is 0 Å². The van der Waals surface area contributed by atoms with Crippen molar-refractivity contribution in [1.82, 2.24) is 9.88 Å². The lowest BCUT2D eigenvalue weighted by atomic mass is 10.1. The van der Waals surface area contributed by atoms with E-state index >= 15 is 0 Å². The number of rotatable bonds is 1. The molecule has 6 nitrogen and oxygen atoms in total. The van der Waals surface area contributed by atoms with Crippen LogP contribution in [0.15, 0.2) is 29.4 Å². The Bertz CT molecular complexity index is 604. The molecule has 1 unspecified atom stereocenters. The van der Waals surface area contributed by atoms with Gasteiger partial charge < -0.3 is 15.1 Å². The molecule has 1 aromatic rings. The number of nitrogens with zero attached hydrogens (tertiary/aromatic N) is 3. The van der Waals surface area contributed by atoms with E-state index in [0.717, 1.165) is 10.3 Å². The molecule has 1 aromatic heterocycles. The highest BCUT2D eigenvalue weighted by molar-refractivity contribution is 9.10. The van der Waals surface area contributed by atoms with Crippen LogP contribution in [0.2, 0.25) is 0 Å². The Morgan fingerprint density at radius 2 is 2.35 bits per heavy atom. The number of pyridine rings is 1. The first-order chi connectivity index (χ1) is 9.60. The Kier molecular flexibility index (Phi) is 3.21. The van der Waals surface area contributed by atoms with Crippen molar-refractivity contribution in [3.63, 3.8) is 0 Å². The van der Waals surface area contributed by atoms with E-state index in [9.17, 15) is 9.59 Å². The first-order valence-electron chi connectivity index (χ1n) is 6.24. The maximum Gasteiger partial charge on any atom is 0.249 e. The highest BCUT2D eigenvalue weighted by atomic mass is 79.9. The second-order valence-electron chi connectivity index (χ2n) is 4.71. The summed E-state index contributed by atoms with van der Waals surface area (Å²) < 4.78 is 0.815. The molecule has 1 atom stereocenters. The summed E-state index contributed by atoms with van der Waals surface area (Å²) >= 11 is 3.34. The van der Waals surface area contributed by atoms with Crippen molar-refractivity contribution in [1.29, 1.82) is 0 Å². The SMILES string of the molecule is C=CC(=O)N1CCN2c3ncc(Br)cc3NC(=O)C2C1. The van der Waals surface area contributed by atoms with E-state index in [-0.39, 0.29) is 11.8 Å². The standard InChI is InChI=1S/C13H13BrN4O2/c1-2-11(19)17-3-4-18-10(7-17)13(20)16-9-5-8(14)6-15-12(9)18/h2,5-6,10H,1,3-4,7H2,(H,16,20). The van der Waals surface area contributed by atoms with Crippen LogP contribution in [0.3, 0.4) is 0 Å². The van der Waals surface area contributed by atoms with Gasteiger partial charge in [-0.2, -0.15) is 0 Å². The number of carbonyl (C=O) groups excluding carboxylic acids is 2. The lowest BCUT2D eigenvalue weighted by molar-refractivity contribution is -0.128. The lowest BCUT2D eigenvalue weighted by Gasteiger charge is -2.43. The molecule has 2 aliphatic heterocycles. The van der Waals surface area contributed by atoms with E-state index in [1.165, 1.54) is 6.08 Å². The Hall–Kier alpha value is -1.89. The number of anilines is 2. The molecule has 104 valence electrons. The number of nitrogens with one attached hydrogen (secondary N) is 1. The Morgan fingerprint density at radius 1 is 1.55 bits per heavy atom. The van der Waals surface area contributed by atoms with Crippen LogP contribution in [0, 0.1) is 0 Å². The lowest BCUT2D eigenvalue weighted by Crippen LogP contribution is -2.61. The van der Waals surface area contributed by atoms with Crippen LogP contribution in [-0.2, 0) is 9.59 Å². The second-order valence-corrected chi connectivity index (χ2v) is 5.63. The zero-order valence-corrected chi connectivity index (χ0v) is 12.3. The van der Waals surface area contributed by atoms with Gasteiger partial charge in [0.1, 0.15) is 6.04 Å². The molecule has 3 heterocycles. The average Bonchev–Trinajstić information content (AvgIpc) is 2.46. The third kappa shape index (κ3) is 2.07. The van der Waals surface area contributed by atoms with Crippen LogP contribution in [0.25, 0.3) is 0 Å². The summed E-state index contributed by atoms with van der Waals surface area (Å²) in [6, 6.07) is 1.44. The third-order valence-electron chi connectivity index (χ3n) is 3.53. The summed E-state index contributed by atoms with van der Waals surface area (Å²) in [5.74, 6) is 0.495. The Balaban J connectivity index is 1.91. The van der Waals surface area contributed by atoms with Gasteiger partial charge in [0, 0.05) is 23.8 Å². The first kappa shape index (κ1) is 13.1. The van der Waals surface area contributed by atoms with Crippen molar-refractivity contribution in [3.8, 4) is 0 Å². The van der Waals surface area contributed by atoms with Gasteiger partial charge in [0.25, 0.3) is 0 Å². The molecule has 2 amide bonds. The minimum absolute atomic E-state index is 0.112. The van der Waals surface area contributed by atoms with Crippen molar-refractivity contribution in [3.05, 3.63) is 29.4 Å². The third-order valence-corrected chi connectivity index (χ3v) is 3.97. The van der Waals surface area contributed by atoms with E-state index in [2.05, 4.69) is 32.8 Å². The number of halogens is 1. The maximum absolute atomic E-state index is 12.2. The summed E-state index contributed by atoms with van der Waals surface area (Å²) in [5, 5.41) is 2.84. The van der Waals surface area contributed by atoms with Gasteiger partial charge in [0.05, 0.1) is 12.2 Å². The first-order valence-corrected chi connectivity index (χ1v) is 7.04. The zero-order valence-electron chi connectivity index (χ0n) is 10.7. The Morgan fingerprint density at radius 3 is 3.10 bits per heavy atom. The highest BCUT2D eigenvalue weighted by Gasteiger charge is 2.39. The van der Waals surface area contributed by atoms with Crippen LogP contribution in [0.1, 0.15) is 0 Å². The molecule has 7 heteroatoms. The zero-order chi connectivity index (χ0) is 14.3. The second kappa shape index (κ2) is 4.90. The van der Waals surface area contributed by atoms with Gasteiger partial charge in [0.2, 0.25) is 11.8 Å². The number of amides is 2. The quantitative estimate of drug-likeness (QED) is 0.777. The van der Waals surface area contributed by atoms with E-state index in [4.69, 9.17) is 0 Å². The van der Waals surface area contributed by atoms with Crippen LogP contribution >= 0.6 is 15.9 Å². The Labute approximate surface area is 124 Å². The summed E-state index contributed by atoms with van der Waals surface area (Å²) in [6.45, 7) is 4.98. The number of hydrogen-bond acceptors (Lipinski definition) is 4. The number of aromatic nitrogens is 1. The fourth-order valence-electron chi connectivity index (χ4n) is 2.56. The van der Waals surface area contributed by atoms with Crippen LogP contribution in [0.5, 0.6) is 0 Å². The predicted molar refractivity (Wildman–Crippen MR) is 78.5 cm³/mol. The van der Waals surface area contributed by atoms with E-state index in [1.54, 1.807) is 11.1 Å². The molecule has 3 rings (SSSR count). The minimum atomic E-state index is -0.395. The van der Waals surface area contributed by atoms with Crippen LogP contribution < -0.4 is 10.2 Å². The van der Waals surface area contributed by atoms with Crippen LogP contribution in [-0.4, -0.2) is 47.4 Å². The maximum atomic E-state index is 12.2. The normalized spacial score (nSPS) is 20.9. The summed E-state index contributed by atoms with van der Waals surface area (Å²) in [7, 11) is 0. The smallest absolute Gasteiger partial charge is 0.249 e. The topological polar surface area (TPSA) is 65.5 Å². The number of carbonyl (C=O) groups is 2. The average molecular weight is 337 g/mol. The molecular weight excluding hydrogens is 324 g/mol. The summed E-state index contributed by atoms with van der Waals surface area (Å²) in [4.78, 5) is 31.8. The molecule has 0 spiro atoms. The molecule has 20 heavy (non-hydrogen) atoms. The van der Waals surface area contributed by atoms with Gasteiger partial charge >= 0.3 is 0 Å². The van der Waals surface area contributed by atoms with Gasteiger partial charge in [-0.05, 0) is 28.1 Å². The highest BCUT2D eigenvalue weighted by Crippen LogP contribution is 2.33. The fraction of sp³-hybridized carbons (Fsp3) is 0.308.